The van der Waals surface area contributed by atoms with Crippen molar-refractivity contribution in [1.29, 1.82) is 0 Å². The minimum atomic E-state index is 0.342. The number of rotatable bonds is 2. The minimum Gasteiger partial charge on any atom is -0.354 e. The number of nitrogens with zero attached hydrogens (tertiary/aromatic N) is 3. The molecule has 0 radical (unpaired) electrons. The fourth-order valence-corrected chi connectivity index (χ4v) is 2.73. The van der Waals surface area contributed by atoms with E-state index in [0.717, 1.165) is 29.5 Å². The van der Waals surface area contributed by atoms with E-state index in [1.165, 1.54) is 0 Å². The van der Waals surface area contributed by atoms with Crippen molar-refractivity contribution in [2.45, 2.75) is 12.8 Å². The predicted octanol–water partition coefficient (Wildman–Crippen LogP) is 2.37. The summed E-state index contributed by atoms with van der Waals surface area (Å²) >= 11 is 1.66. The normalized spacial score (nSPS) is 16.0. The first-order chi connectivity index (χ1) is 8.83. The van der Waals surface area contributed by atoms with Gasteiger partial charge in [0, 0.05) is 25.9 Å². The van der Waals surface area contributed by atoms with Gasteiger partial charge in [-0.2, -0.15) is 0 Å². The number of Topliss-reactive ketones (excluding diaryl/α,β-unsaturated/α-hetero) is 1. The Morgan fingerprint density at radius 1 is 1.11 bits per heavy atom. The van der Waals surface area contributed by atoms with E-state index in [-0.39, 0.29) is 0 Å². The summed E-state index contributed by atoms with van der Waals surface area (Å²) in [7, 11) is 0. The van der Waals surface area contributed by atoms with Crippen molar-refractivity contribution >= 4 is 22.9 Å². The third-order valence-electron chi connectivity index (χ3n) is 3.07. The van der Waals surface area contributed by atoms with E-state index in [1.54, 1.807) is 11.3 Å². The monoisotopic (exact) mass is 259 g/mol. The summed E-state index contributed by atoms with van der Waals surface area (Å²) in [5.74, 6) is 1.21. The van der Waals surface area contributed by atoms with Crippen molar-refractivity contribution < 1.29 is 4.79 Å². The molecule has 1 fully saturated rings. The SMILES string of the molecule is O=C1CCN(c2ccc(-c3cccs3)nn2)CC1. The zero-order chi connectivity index (χ0) is 12.4. The first-order valence-electron chi connectivity index (χ1n) is 5.97. The maximum absolute atomic E-state index is 11.2. The smallest absolute Gasteiger partial charge is 0.151 e. The van der Waals surface area contributed by atoms with Crippen LogP contribution in [0.4, 0.5) is 5.82 Å². The number of ketones is 1. The molecule has 0 atom stereocenters. The molecule has 2 aromatic heterocycles. The molecule has 1 saturated heterocycles. The number of piperidine rings is 1. The van der Waals surface area contributed by atoms with E-state index in [1.807, 2.05) is 29.6 Å². The molecule has 1 aliphatic rings. The standard InChI is InChI=1S/C13H13N3OS/c17-10-5-7-16(8-6-10)13-4-3-11(14-15-13)12-2-1-9-18-12/h1-4,9H,5-8H2. The van der Waals surface area contributed by atoms with E-state index < -0.39 is 0 Å². The van der Waals surface area contributed by atoms with Crippen molar-refractivity contribution in [2.75, 3.05) is 18.0 Å². The van der Waals surface area contributed by atoms with Crippen LogP contribution in [-0.4, -0.2) is 29.1 Å². The van der Waals surface area contributed by atoms with Gasteiger partial charge in [0.05, 0.1) is 4.88 Å². The van der Waals surface area contributed by atoms with Gasteiger partial charge in [-0.3, -0.25) is 4.79 Å². The summed E-state index contributed by atoms with van der Waals surface area (Å²) in [6, 6.07) is 8.02. The largest absolute Gasteiger partial charge is 0.354 e. The maximum Gasteiger partial charge on any atom is 0.151 e. The molecule has 3 rings (SSSR count). The Labute approximate surface area is 109 Å². The molecule has 1 aliphatic heterocycles. The van der Waals surface area contributed by atoms with E-state index >= 15 is 0 Å². The number of thiophene rings is 1. The lowest BCUT2D eigenvalue weighted by atomic mass is 10.1. The van der Waals surface area contributed by atoms with E-state index in [4.69, 9.17) is 0 Å². The van der Waals surface area contributed by atoms with Crippen molar-refractivity contribution in [1.82, 2.24) is 10.2 Å². The van der Waals surface area contributed by atoms with Crippen molar-refractivity contribution in [3.8, 4) is 10.6 Å². The van der Waals surface area contributed by atoms with Crippen LogP contribution in [0.15, 0.2) is 29.6 Å². The van der Waals surface area contributed by atoms with Crippen LogP contribution >= 0.6 is 11.3 Å². The summed E-state index contributed by atoms with van der Waals surface area (Å²) in [4.78, 5) is 14.4. The zero-order valence-corrected chi connectivity index (χ0v) is 10.7. The van der Waals surface area contributed by atoms with Gasteiger partial charge in [0.1, 0.15) is 11.5 Å². The quantitative estimate of drug-likeness (QED) is 0.830. The van der Waals surface area contributed by atoms with Gasteiger partial charge >= 0.3 is 0 Å². The zero-order valence-electron chi connectivity index (χ0n) is 9.87. The van der Waals surface area contributed by atoms with Crippen LogP contribution in [0.25, 0.3) is 10.6 Å². The van der Waals surface area contributed by atoms with Crippen molar-refractivity contribution in [3.63, 3.8) is 0 Å². The topological polar surface area (TPSA) is 46.1 Å². The molecule has 0 spiro atoms. The second-order valence-corrected chi connectivity index (χ2v) is 5.23. The summed E-state index contributed by atoms with van der Waals surface area (Å²) in [5, 5.41) is 10.5. The first-order valence-corrected chi connectivity index (χ1v) is 6.85. The van der Waals surface area contributed by atoms with Crippen molar-refractivity contribution in [3.05, 3.63) is 29.6 Å². The number of carbonyl (C=O) groups is 1. The molecular formula is C13H13N3OS. The Bertz CT molecular complexity index is 526. The van der Waals surface area contributed by atoms with Gasteiger partial charge in [-0.15, -0.1) is 21.5 Å². The second-order valence-electron chi connectivity index (χ2n) is 4.28. The fourth-order valence-electron chi connectivity index (χ4n) is 2.03. The average Bonchev–Trinajstić information content (AvgIpc) is 2.94. The number of hydrogen-bond donors (Lipinski definition) is 0. The van der Waals surface area contributed by atoms with Gasteiger partial charge in [0.2, 0.25) is 0 Å². The van der Waals surface area contributed by atoms with Gasteiger partial charge in [-0.05, 0) is 23.6 Å². The molecule has 4 nitrogen and oxygen atoms in total. The highest BCUT2D eigenvalue weighted by Crippen LogP contribution is 2.23. The van der Waals surface area contributed by atoms with Crippen LogP contribution in [-0.2, 0) is 4.79 Å². The lowest BCUT2D eigenvalue weighted by molar-refractivity contribution is -0.119. The van der Waals surface area contributed by atoms with Gasteiger partial charge in [-0.1, -0.05) is 6.07 Å². The lowest BCUT2D eigenvalue weighted by Gasteiger charge is -2.26. The summed E-state index contributed by atoms with van der Waals surface area (Å²) in [6.45, 7) is 1.51. The number of hydrogen-bond acceptors (Lipinski definition) is 5. The van der Waals surface area contributed by atoms with Gasteiger partial charge < -0.3 is 4.90 Å². The lowest BCUT2D eigenvalue weighted by Crippen LogP contribution is -2.34. The second kappa shape index (κ2) is 4.86. The predicted molar refractivity (Wildman–Crippen MR) is 71.8 cm³/mol. The van der Waals surface area contributed by atoms with Crippen LogP contribution in [0.2, 0.25) is 0 Å². The van der Waals surface area contributed by atoms with Crippen LogP contribution in [0.5, 0.6) is 0 Å². The molecule has 18 heavy (non-hydrogen) atoms. The van der Waals surface area contributed by atoms with Crippen LogP contribution < -0.4 is 4.90 Å². The van der Waals surface area contributed by atoms with Crippen LogP contribution in [0.3, 0.4) is 0 Å². The van der Waals surface area contributed by atoms with E-state index in [2.05, 4.69) is 15.1 Å². The Hall–Kier alpha value is -1.75. The number of anilines is 1. The number of aromatic nitrogens is 2. The highest BCUT2D eigenvalue weighted by molar-refractivity contribution is 7.13. The third kappa shape index (κ3) is 2.26. The molecule has 0 N–H and O–H groups in total. The first kappa shape index (κ1) is 11.3. The van der Waals surface area contributed by atoms with Gasteiger partial charge in [0.25, 0.3) is 0 Å². The molecule has 5 heteroatoms. The van der Waals surface area contributed by atoms with Crippen LogP contribution in [0.1, 0.15) is 12.8 Å². The summed E-state index contributed by atoms with van der Waals surface area (Å²) < 4.78 is 0. The van der Waals surface area contributed by atoms with Crippen molar-refractivity contribution in [2.24, 2.45) is 0 Å². The fraction of sp³-hybridized carbons (Fsp3) is 0.308. The minimum absolute atomic E-state index is 0.342. The summed E-state index contributed by atoms with van der Waals surface area (Å²) in [5.41, 5.74) is 0.904. The molecule has 3 heterocycles. The number of carbonyl (C=O) groups excluding carboxylic acids is 1. The molecule has 2 aromatic rings. The molecule has 92 valence electrons. The molecule has 0 bridgehead atoms. The summed E-state index contributed by atoms with van der Waals surface area (Å²) in [6.07, 6.45) is 1.24. The van der Waals surface area contributed by atoms with Gasteiger partial charge in [0.15, 0.2) is 5.82 Å². The molecule has 0 amide bonds. The Morgan fingerprint density at radius 2 is 1.94 bits per heavy atom. The molecular weight excluding hydrogens is 246 g/mol. The molecule has 0 saturated carbocycles. The average molecular weight is 259 g/mol. The third-order valence-corrected chi connectivity index (χ3v) is 3.96. The highest BCUT2D eigenvalue weighted by atomic mass is 32.1. The molecule has 0 unspecified atom stereocenters. The van der Waals surface area contributed by atoms with E-state index in [0.29, 0.717) is 18.6 Å². The highest BCUT2D eigenvalue weighted by Gasteiger charge is 2.17. The Morgan fingerprint density at radius 3 is 2.56 bits per heavy atom. The maximum atomic E-state index is 11.2. The van der Waals surface area contributed by atoms with Gasteiger partial charge in [-0.25, -0.2) is 0 Å². The van der Waals surface area contributed by atoms with Crippen LogP contribution in [0, 0.1) is 0 Å². The molecule has 0 aliphatic carbocycles. The Balaban J connectivity index is 1.77. The molecule has 0 aromatic carbocycles. The van der Waals surface area contributed by atoms with E-state index in [9.17, 15) is 4.79 Å². The Kier molecular flexibility index (Phi) is 3.06.